The first-order valence-electron chi connectivity index (χ1n) is 6.13. The van der Waals surface area contributed by atoms with Gasteiger partial charge < -0.3 is 10.6 Å². The van der Waals surface area contributed by atoms with Gasteiger partial charge >= 0.3 is 0 Å². The highest BCUT2D eigenvalue weighted by Gasteiger charge is 2.27. The third-order valence-electron chi connectivity index (χ3n) is 2.94. The van der Waals surface area contributed by atoms with Crippen molar-refractivity contribution in [2.24, 2.45) is 5.41 Å². The fraction of sp³-hybridized carbons (Fsp3) is 0.385. The van der Waals surface area contributed by atoms with Crippen molar-refractivity contribution in [2.45, 2.75) is 13.8 Å². The van der Waals surface area contributed by atoms with Crippen LogP contribution in [0.4, 0.5) is 5.69 Å². The molecule has 0 aromatic heterocycles. The Bertz CT molecular complexity index is 587. The van der Waals surface area contributed by atoms with Crippen LogP contribution in [0.25, 0.3) is 0 Å². The molecule has 0 atom stereocenters. The Balaban J connectivity index is 2.88. The van der Waals surface area contributed by atoms with Gasteiger partial charge in [-0.1, -0.05) is 0 Å². The minimum absolute atomic E-state index is 0.129. The molecule has 2 N–H and O–H groups in total. The van der Waals surface area contributed by atoms with Crippen molar-refractivity contribution < 1.29 is 14.5 Å². The Morgan fingerprint density at radius 1 is 1.38 bits per heavy atom. The average molecular weight is 405 g/mol. The van der Waals surface area contributed by atoms with E-state index in [1.165, 1.54) is 25.2 Å². The molecule has 1 aromatic rings. The van der Waals surface area contributed by atoms with Crippen molar-refractivity contribution in [2.75, 3.05) is 13.6 Å². The molecular formula is C13H16IN3O4. The van der Waals surface area contributed by atoms with Crippen molar-refractivity contribution in [3.63, 3.8) is 0 Å². The lowest BCUT2D eigenvalue weighted by atomic mass is 9.92. The molecule has 0 fully saturated rings. The summed E-state index contributed by atoms with van der Waals surface area (Å²) >= 11 is 1.93. The maximum absolute atomic E-state index is 12.1. The van der Waals surface area contributed by atoms with Crippen LogP contribution in [0.15, 0.2) is 18.2 Å². The van der Waals surface area contributed by atoms with E-state index in [1.54, 1.807) is 13.8 Å². The number of nitrogens with zero attached hydrogens (tertiary/aromatic N) is 1. The van der Waals surface area contributed by atoms with E-state index in [9.17, 15) is 19.7 Å². The summed E-state index contributed by atoms with van der Waals surface area (Å²) in [5.74, 6) is -0.642. The van der Waals surface area contributed by atoms with Gasteiger partial charge in [-0.2, -0.15) is 0 Å². The van der Waals surface area contributed by atoms with Gasteiger partial charge in [0.25, 0.3) is 11.6 Å². The molecule has 0 heterocycles. The molecule has 0 spiro atoms. The monoisotopic (exact) mass is 405 g/mol. The van der Waals surface area contributed by atoms with Gasteiger partial charge in [-0.15, -0.1) is 0 Å². The first-order chi connectivity index (χ1) is 9.69. The van der Waals surface area contributed by atoms with Crippen LogP contribution in [0, 0.1) is 19.1 Å². The van der Waals surface area contributed by atoms with Gasteiger partial charge in [-0.05, 0) is 42.5 Å². The SMILES string of the molecule is CNC(=O)C(C)(C)CNC(=O)c1cc([N+](=O)[O-])ccc1I. The smallest absolute Gasteiger partial charge is 0.270 e. The molecule has 21 heavy (non-hydrogen) atoms. The fourth-order valence-corrected chi connectivity index (χ4v) is 2.20. The molecule has 0 aliphatic carbocycles. The molecular weight excluding hydrogens is 389 g/mol. The van der Waals surface area contributed by atoms with Gasteiger partial charge in [0.1, 0.15) is 0 Å². The molecule has 0 saturated heterocycles. The zero-order valence-corrected chi connectivity index (χ0v) is 14.1. The van der Waals surface area contributed by atoms with Gasteiger partial charge in [0, 0.05) is 29.3 Å². The maximum atomic E-state index is 12.1. The normalized spacial score (nSPS) is 10.9. The number of carbonyl (C=O) groups excluding carboxylic acids is 2. The second kappa shape index (κ2) is 6.83. The second-order valence-electron chi connectivity index (χ2n) is 5.07. The van der Waals surface area contributed by atoms with Crippen LogP contribution in [0.2, 0.25) is 0 Å². The van der Waals surface area contributed by atoms with Crippen LogP contribution in [0.3, 0.4) is 0 Å². The molecule has 8 heteroatoms. The van der Waals surface area contributed by atoms with Crippen molar-refractivity contribution in [3.05, 3.63) is 37.4 Å². The molecule has 114 valence electrons. The summed E-state index contributed by atoms with van der Waals surface area (Å²) in [6.45, 7) is 3.53. The predicted octanol–water partition coefficient (Wildman–Crippen LogP) is 1.70. The van der Waals surface area contributed by atoms with E-state index in [-0.39, 0.29) is 23.7 Å². The van der Waals surface area contributed by atoms with Crippen molar-refractivity contribution >= 4 is 40.1 Å². The van der Waals surface area contributed by atoms with E-state index >= 15 is 0 Å². The summed E-state index contributed by atoms with van der Waals surface area (Å²) in [4.78, 5) is 34.0. The Hall–Kier alpha value is -1.71. The van der Waals surface area contributed by atoms with E-state index < -0.39 is 16.2 Å². The highest BCUT2D eigenvalue weighted by atomic mass is 127. The van der Waals surface area contributed by atoms with Crippen molar-refractivity contribution in [1.82, 2.24) is 10.6 Å². The summed E-state index contributed by atoms with van der Waals surface area (Å²) in [5, 5.41) is 15.9. The summed E-state index contributed by atoms with van der Waals surface area (Å²) < 4.78 is 0.605. The van der Waals surface area contributed by atoms with Crippen LogP contribution in [0.1, 0.15) is 24.2 Å². The van der Waals surface area contributed by atoms with Gasteiger partial charge in [0.15, 0.2) is 0 Å². The quantitative estimate of drug-likeness (QED) is 0.442. The minimum Gasteiger partial charge on any atom is -0.359 e. The third kappa shape index (κ3) is 4.38. The van der Waals surface area contributed by atoms with Gasteiger partial charge in [0.2, 0.25) is 5.91 Å². The summed E-state index contributed by atoms with van der Waals surface area (Å²) in [5.41, 5.74) is -0.694. The number of hydrogen-bond acceptors (Lipinski definition) is 4. The molecule has 0 unspecified atom stereocenters. The number of nitro benzene ring substituents is 1. The molecule has 2 amide bonds. The van der Waals surface area contributed by atoms with Gasteiger partial charge in [0.05, 0.1) is 15.9 Å². The average Bonchev–Trinajstić information content (AvgIpc) is 2.44. The molecule has 0 radical (unpaired) electrons. The Kier molecular flexibility index (Phi) is 5.64. The number of nitrogens with one attached hydrogen (secondary N) is 2. The number of benzene rings is 1. The first kappa shape index (κ1) is 17.3. The Morgan fingerprint density at radius 2 is 2.00 bits per heavy atom. The molecule has 7 nitrogen and oxygen atoms in total. The number of amides is 2. The number of hydrogen-bond donors (Lipinski definition) is 2. The van der Waals surface area contributed by atoms with Crippen molar-refractivity contribution in [1.29, 1.82) is 0 Å². The molecule has 0 saturated carbocycles. The zero-order valence-electron chi connectivity index (χ0n) is 11.9. The van der Waals surface area contributed by atoms with E-state index in [4.69, 9.17) is 0 Å². The van der Waals surface area contributed by atoms with E-state index in [0.717, 1.165) is 0 Å². The summed E-state index contributed by atoms with van der Waals surface area (Å²) in [7, 11) is 1.52. The van der Waals surface area contributed by atoms with Crippen LogP contribution in [-0.2, 0) is 4.79 Å². The largest absolute Gasteiger partial charge is 0.359 e. The van der Waals surface area contributed by atoms with Crippen LogP contribution in [-0.4, -0.2) is 30.3 Å². The van der Waals surface area contributed by atoms with Crippen LogP contribution >= 0.6 is 22.6 Å². The van der Waals surface area contributed by atoms with E-state index in [0.29, 0.717) is 3.57 Å². The molecule has 0 aliphatic heterocycles. The molecule has 0 aliphatic rings. The van der Waals surface area contributed by atoms with Gasteiger partial charge in [-0.25, -0.2) is 0 Å². The van der Waals surface area contributed by atoms with Gasteiger partial charge in [-0.3, -0.25) is 19.7 Å². The lowest BCUT2D eigenvalue weighted by Gasteiger charge is -2.22. The number of halogens is 1. The molecule has 1 aromatic carbocycles. The Morgan fingerprint density at radius 3 is 2.52 bits per heavy atom. The first-order valence-corrected chi connectivity index (χ1v) is 7.21. The van der Waals surface area contributed by atoms with Crippen LogP contribution in [0.5, 0.6) is 0 Å². The van der Waals surface area contributed by atoms with E-state index in [1.807, 2.05) is 22.6 Å². The standard InChI is InChI=1S/C13H16IN3O4/c1-13(2,12(19)15-3)7-16-11(18)9-6-8(17(20)21)4-5-10(9)14/h4-6H,7H2,1-3H3,(H,15,19)(H,16,18). The molecule has 0 bridgehead atoms. The van der Waals surface area contributed by atoms with Crippen LogP contribution < -0.4 is 10.6 Å². The second-order valence-corrected chi connectivity index (χ2v) is 6.23. The number of carbonyl (C=O) groups is 2. The highest BCUT2D eigenvalue weighted by Crippen LogP contribution is 2.20. The predicted molar refractivity (Wildman–Crippen MR) is 86.0 cm³/mol. The lowest BCUT2D eigenvalue weighted by molar-refractivity contribution is -0.384. The summed E-state index contributed by atoms with van der Waals surface area (Å²) in [6.07, 6.45) is 0. The van der Waals surface area contributed by atoms with E-state index in [2.05, 4.69) is 10.6 Å². The molecule has 1 rings (SSSR count). The number of non-ortho nitro benzene ring substituents is 1. The maximum Gasteiger partial charge on any atom is 0.270 e. The zero-order chi connectivity index (χ0) is 16.2. The fourth-order valence-electron chi connectivity index (χ4n) is 1.62. The number of nitro groups is 1. The lowest BCUT2D eigenvalue weighted by Crippen LogP contribution is -2.43. The Labute approximate surface area is 135 Å². The minimum atomic E-state index is -0.767. The third-order valence-corrected chi connectivity index (χ3v) is 3.88. The summed E-state index contributed by atoms with van der Waals surface area (Å²) in [6, 6.07) is 4.08. The topological polar surface area (TPSA) is 101 Å². The highest BCUT2D eigenvalue weighted by molar-refractivity contribution is 14.1. The number of rotatable bonds is 5. The van der Waals surface area contributed by atoms with Crippen molar-refractivity contribution in [3.8, 4) is 0 Å².